The van der Waals surface area contributed by atoms with Crippen LogP contribution in [0.4, 0.5) is 0 Å². The summed E-state index contributed by atoms with van der Waals surface area (Å²) in [6.45, 7) is 1.68. The molecule has 0 bridgehead atoms. The van der Waals surface area contributed by atoms with Crippen molar-refractivity contribution in [1.29, 1.82) is 0 Å². The minimum absolute atomic E-state index is 0.0995. The summed E-state index contributed by atoms with van der Waals surface area (Å²) >= 11 is 0. The van der Waals surface area contributed by atoms with Crippen LogP contribution in [0.5, 0.6) is 0 Å². The molecule has 0 aromatic rings. The lowest BCUT2D eigenvalue weighted by Gasteiger charge is -2.11. The number of carbonyl (C=O) groups is 2. The molecule has 2 rings (SSSR count). The molecule has 2 amide bonds. The smallest absolute Gasteiger partial charge is 0.256 e. The fraction of sp³-hybridized carbons (Fsp3) is 0.500. The number of rotatable bonds is 1. The molecule has 11 heavy (non-hydrogen) atoms. The highest BCUT2D eigenvalue weighted by Gasteiger charge is 2.39. The summed E-state index contributed by atoms with van der Waals surface area (Å²) in [6, 6.07) is 0.212. The van der Waals surface area contributed by atoms with Gasteiger partial charge in [0.2, 0.25) is 0 Å². The van der Waals surface area contributed by atoms with Crippen molar-refractivity contribution in [2.24, 2.45) is 0 Å². The van der Waals surface area contributed by atoms with E-state index < -0.39 is 0 Å². The molecule has 0 atom stereocenters. The zero-order chi connectivity index (χ0) is 8.01. The Morgan fingerprint density at radius 1 is 1.45 bits per heavy atom. The Kier molecular flexibility index (Phi) is 1.16. The third kappa shape index (κ3) is 0.878. The van der Waals surface area contributed by atoms with E-state index in [0.717, 1.165) is 12.8 Å². The SMILES string of the molecule is CC1=CC(=O)N(C2CC2)C1=O. The van der Waals surface area contributed by atoms with Gasteiger partial charge >= 0.3 is 0 Å². The molecule has 0 aromatic heterocycles. The van der Waals surface area contributed by atoms with Crippen LogP contribution in [0.3, 0.4) is 0 Å². The third-order valence-electron chi connectivity index (χ3n) is 2.05. The minimum atomic E-state index is -0.130. The molecule has 0 aromatic carbocycles. The van der Waals surface area contributed by atoms with E-state index in [4.69, 9.17) is 0 Å². The average Bonchev–Trinajstić information content (AvgIpc) is 2.68. The van der Waals surface area contributed by atoms with Crippen molar-refractivity contribution in [3.63, 3.8) is 0 Å². The lowest BCUT2D eigenvalue weighted by atomic mass is 10.3. The van der Waals surface area contributed by atoms with Crippen molar-refractivity contribution in [1.82, 2.24) is 4.90 Å². The maximum atomic E-state index is 11.2. The summed E-state index contributed by atoms with van der Waals surface area (Å²) in [4.78, 5) is 23.7. The quantitative estimate of drug-likeness (QED) is 0.511. The van der Waals surface area contributed by atoms with Gasteiger partial charge < -0.3 is 0 Å². The largest absolute Gasteiger partial charge is 0.272 e. The van der Waals surface area contributed by atoms with Crippen LogP contribution in [-0.2, 0) is 9.59 Å². The summed E-state index contributed by atoms with van der Waals surface area (Å²) in [5.41, 5.74) is 0.571. The van der Waals surface area contributed by atoms with Gasteiger partial charge in [-0.25, -0.2) is 0 Å². The molecule has 58 valence electrons. The molecule has 2 aliphatic rings. The van der Waals surface area contributed by atoms with Crippen LogP contribution in [0, 0.1) is 0 Å². The van der Waals surface area contributed by atoms with Gasteiger partial charge in [0.05, 0.1) is 0 Å². The Balaban J connectivity index is 2.24. The number of nitrogens with zero attached hydrogens (tertiary/aromatic N) is 1. The molecule has 0 spiro atoms. The van der Waals surface area contributed by atoms with Crippen molar-refractivity contribution in [2.75, 3.05) is 0 Å². The van der Waals surface area contributed by atoms with E-state index in [1.165, 1.54) is 11.0 Å². The van der Waals surface area contributed by atoms with Gasteiger partial charge in [0.25, 0.3) is 11.8 Å². The van der Waals surface area contributed by atoms with E-state index in [1.807, 2.05) is 0 Å². The Labute approximate surface area is 64.7 Å². The number of amides is 2. The fourth-order valence-electron chi connectivity index (χ4n) is 1.29. The van der Waals surface area contributed by atoms with Gasteiger partial charge in [-0.05, 0) is 19.8 Å². The number of imide groups is 1. The van der Waals surface area contributed by atoms with Crippen LogP contribution in [0.15, 0.2) is 11.6 Å². The normalized spacial score (nSPS) is 24.5. The van der Waals surface area contributed by atoms with Crippen LogP contribution < -0.4 is 0 Å². The molecule has 0 N–H and O–H groups in total. The zero-order valence-electron chi connectivity index (χ0n) is 6.33. The van der Waals surface area contributed by atoms with Gasteiger partial charge in [-0.2, -0.15) is 0 Å². The van der Waals surface area contributed by atoms with Gasteiger partial charge in [-0.15, -0.1) is 0 Å². The first-order valence-electron chi connectivity index (χ1n) is 3.76. The molecular weight excluding hydrogens is 142 g/mol. The summed E-state index contributed by atoms with van der Waals surface area (Å²) in [5, 5.41) is 0. The predicted octanol–water partition coefficient (Wildman–Crippen LogP) is 0.464. The molecule has 1 saturated carbocycles. The van der Waals surface area contributed by atoms with E-state index >= 15 is 0 Å². The monoisotopic (exact) mass is 151 g/mol. The van der Waals surface area contributed by atoms with E-state index in [9.17, 15) is 9.59 Å². The van der Waals surface area contributed by atoms with Gasteiger partial charge in [-0.3, -0.25) is 14.5 Å². The first-order valence-corrected chi connectivity index (χ1v) is 3.76. The summed E-state index contributed by atoms with van der Waals surface area (Å²) in [5.74, 6) is -0.229. The Morgan fingerprint density at radius 3 is 2.45 bits per heavy atom. The number of carbonyl (C=O) groups excluding carboxylic acids is 2. The molecule has 0 unspecified atom stereocenters. The molecule has 3 heteroatoms. The Morgan fingerprint density at radius 2 is 2.09 bits per heavy atom. The van der Waals surface area contributed by atoms with Crippen molar-refractivity contribution >= 4 is 11.8 Å². The van der Waals surface area contributed by atoms with Gasteiger partial charge in [-0.1, -0.05) is 0 Å². The van der Waals surface area contributed by atoms with Crippen molar-refractivity contribution in [3.05, 3.63) is 11.6 Å². The maximum absolute atomic E-state index is 11.2. The topological polar surface area (TPSA) is 37.4 Å². The van der Waals surface area contributed by atoms with Crippen molar-refractivity contribution < 1.29 is 9.59 Å². The first-order chi connectivity index (χ1) is 5.20. The lowest BCUT2D eigenvalue weighted by molar-refractivity contribution is -0.137. The summed E-state index contributed by atoms with van der Waals surface area (Å²) < 4.78 is 0. The summed E-state index contributed by atoms with van der Waals surface area (Å²) in [7, 11) is 0. The lowest BCUT2D eigenvalue weighted by Crippen LogP contribution is -2.32. The predicted molar refractivity (Wildman–Crippen MR) is 38.6 cm³/mol. The third-order valence-corrected chi connectivity index (χ3v) is 2.05. The van der Waals surface area contributed by atoms with Crippen LogP contribution >= 0.6 is 0 Å². The Bertz CT molecular complexity index is 263. The fourth-order valence-corrected chi connectivity index (χ4v) is 1.29. The standard InChI is InChI=1S/C8H9NO2/c1-5-4-7(10)9(8(5)11)6-2-3-6/h4,6H,2-3H2,1H3. The van der Waals surface area contributed by atoms with E-state index in [-0.39, 0.29) is 17.9 Å². The van der Waals surface area contributed by atoms with Crippen molar-refractivity contribution in [2.45, 2.75) is 25.8 Å². The molecule has 0 radical (unpaired) electrons. The molecule has 1 aliphatic heterocycles. The highest BCUT2D eigenvalue weighted by atomic mass is 16.2. The maximum Gasteiger partial charge on any atom is 0.256 e. The highest BCUT2D eigenvalue weighted by molar-refractivity contribution is 6.16. The van der Waals surface area contributed by atoms with E-state index in [0.29, 0.717) is 5.57 Å². The van der Waals surface area contributed by atoms with Gasteiger partial charge in [0.15, 0.2) is 0 Å². The van der Waals surface area contributed by atoms with Gasteiger partial charge in [0.1, 0.15) is 0 Å². The second-order valence-corrected chi connectivity index (χ2v) is 3.07. The molecule has 0 saturated heterocycles. The molecule has 3 nitrogen and oxygen atoms in total. The van der Waals surface area contributed by atoms with Gasteiger partial charge in [0, 0.05) is 17.7 Å². The highest BCUT2D eigenvalue weighted by Crippen LogP contribution is 2.30. The second-order valence-electron chi connectivity index (χ2n) is 3.07. The van der Waals surface area contributed by atoms with Crippen LogP contribution in [-0.4, -0.2) is 22.8 Å². The Hall–Kier alpha value is -1.12. The molecule has 1 aliphatic carbocycles. The first kappa shape index (κ1) is 6.58. The molecule has 1 fully saturated rings. The van der Waals surface area contributed by atoms with E-state index in [2.05, 4.69) is 0 Å². The van der Waals surface area contributed by atoms with Crippen LogP contribution in [0.25, 0.3) is 0 Å². The number of hydrogen-bond donors (Lipinski definition) is 0. The second kappa shape index (κ2) is 1.94. The average molecular weight is 151 g/mol. The minimum Gasteiger partial charge on any atom is -0.272 e. The number of hydrogen-bond acceptors (Lipinski definition) is 2. The molecule has 1 heterocycles. The molecular formula is C8H9NO2. The zero-order valence-corrected chi connectivity index (χ0v) is 6.33. The van der Waals surface area contributed by atoms with E-state index in [1.54, 1.807) is 6.92 Å². The summed E-state index contributed by atoms with van der Waals surface area (Å²) in [6.07, 6.45) is 3.39. The van der Waals surface area contributed by atoms with Crippen LogP contribution in [0.2, 0.25) is 0 Å². The van der Waals surface area contributed by atoms with Crippen LogP contribution in [0.1, 0.15) is 19.8 Å². The van der Waals surface area contributed by atoms with Crippen molar-refractivity contribution in [3.8, 4) is 0 Å².